The zero-order valence-corrected chi connectivity index (χ0v) is 20.9. The first-order chi connectivity index (χ1) is 15.2. The second-order valence-corrected chi connectivity index (χ2v) is 10.2. The number of carbonyl (C=O) groups excluding carboxylic acids is 1. The van der Waals surface area contributed by atoms with E-state index in [-0.39, 0.29) is 28.6 Å². The number of fused-ring (bicyclic) bond motifs is 1. The molecule has 0 unspecified atom stereocenters. The van der Waals surface area contributed by atoms with Crippen LogP contribution in [0.3, 0.4) is 0 Å². The van der Waals surface area contributed by atoms with Crippen molar-refractivity contribution in [3.8, 4) is 0 Å². The molecule has 1 aromatic heterocycles. The maximum atomic E-state index is 13.6. The van der Waals surface area contributed by atoms with Gasteiger partial charge in [0.05, 0.1) is 25.6 Å². The first-order valence-electron chi connectivity index (χ1n) is 10.0. The Bertz CT molecular complexity index is 1260. The van der Waals surface area contributed by atoms with E-state index in [4.69, 9.17) is 0 Å². The van der Waals surface area contributed by atoms with Crippen LogP contribution in [-0.2, 0) is 9.84 Å². The highest BCUT2D eigenvalue weighted by molar-refractivity contribution is 7.90. The molecule has 0 saturated carbocycles. The number of halogens is 1. The molecule has 0 aliphatic heterocycles. The van der Waals surface area contributed by atoms with Crippen LogP contribution in [0.15, 0.2) is 47.4 Å². The molecule has 0 aliphatic carbocycles. The van der Waals surface area contributed by atoms with Crippen LogP contribution in [-0.4, -0.2) is 61.6 Å². The number of benzene rings is 2. The van der Waals surface area contributed by atoms with Gasteiger partial charge >= 0.3 is 0 Å². The summed E-state index contributed by atoms with van der Waals surface area (Å²) < 4.78 is 25.1. The zero-order valence-electron chi connectivity index (χ0n) is 18.4. The number of likely N-dealkylation sites (N-methyl/N-ethyl adjacent to an activating group) is 1. The highest BCUT2D eigenvalue weighted by Gasteiger charge is 2.26. The van der Waals surface area contributed by atoms with Crippen LogP contribution < -0.4 is 4.90 Å². The molecular formula is C21H25ClN4O5S2. The third-order valence-electron chi connectivity index (χ3n) is 5.10. The van der Waals surface area contributed by atoms with Gasteiger partial charge in [-0.25, -0.2) is 13.4 Å². The molecule has 12 heteroatoms. The Morgan fingerprint density at radius 1 is 1.12 bits per heavy atom. The minimum Gasteiger partial charge on any atom is -0.302 e. The Balaban J connectivity index is 0.00000385. The monoisotopic (exact) mass is 512 g/mol. The zero-order chi connectivity index (χ0) is 23.5. The number of nitrogens with zero attached hydrogens (tertiary/aromatic N) is 4. The van der Waals surface area contributed by atoms with E-state index in [0.717, 1.165) is 30.7 Å². The molecule has 2 aromatic carbocycles. The minimum atomic E-state index is -3.62. The number of nitro groups is 1. The van der Waals surface area contributed by atoms with Crippen molar-refractivity contribution < 1.29 is 18.1 Å². The van der Waals surface area contributed by atoms with E-state index in [1.54, 1.807) is 18.2 Å². The summed E-state index contributed by atoms with van der Waals surface area (Å²) in [6.45, 7) is 6.49. The fraction of sp³-hybridized carbons (Fsp3) is 0.333. The highest BCUT2D eigenvalue weighted by Crippen LogP contribution is 2.32. The highest BCUT2D eigenvalue weighted by atomic mass is 35.5. The van der Waals surface area contributed by atoms with Crippen molar-refractivity contribution >= 4 is 60.5 Å². The molecule has 1 heterocycles. The number of aromatic nitrogens is 1. The van der Waals surface area contributed by atoms with Crippen molar-refractivity contribution in [1.82, 2.24) is 9.88 Å². The summed E-state index contributed by atoms with van der Waals surface area (Å²) in [4.78, 5) is 32.3. The molecule has 3 rings (SSSR count). The van der Waals surface area contributed by atoms with E-state index in [1.165, 1.54) is 29.2 Å². The quantitative estimate of drug-likeness (QED) is 0.314. The van der Waals surface area contributed by atoms with Gasteiger partial charge in [-0.15, -0.1) is 12.4 Å². The second kappa shape index (κ2) is 11.0. The molecule has 0 spiro atoms. The summed E-state index contributed by atoms with van der Waals surface area (Å²) in [5.74, 6) is -0.480. The van der Waals surface area contributed by atoms with E-state index in [9.17, 15) is 23.3 Å². The van der Waals surface area contributed by atoms with E-state index >= 15 is 0 Å². The average molecular weight is 513 g/mol. The molecule has 3 aromatic rings. The van der Waals surface area contributed by atoms with E-state index in [1.807, 2.05) is 13.8 Å². The molecule has 178 valence electrons. The lowest BCUT2D eigenvalue weighted by Crippen LogP contribution is -2.39. The number of anilines is 1. The molecule has 0 N–H and O–H groups in total. The van der Waals surface area contributed by atoms with Gasteiger partial charge in [0.25, 0.3) is 11.6 Å². The Morgan fingerprint density at radius 2 is 1.79 bits per heavy atom. The normalized spacial score (nSPS) is 11.4. The molecular weight excluding hydrogens is 488 g/mol. The predicted octanol–water partition coefficient (Wildman–Crippen LogP) is 4.02. The lowest BCUT2D eigenvalue weighted by molar-refractivity contribution is -0.384. The van der Waals surface area contributed by atoms with Gasteiger partial charge in [-0.3, -0.25) is 19.8 Å². The number of rotatable bonds is 9. The van der Waals surface area contributed by atoms with E-state index < -0.39 is 20.7 Å². The van der Waals surface area contributed by atoms with Crippen LogP contribution in [0, 0.1) is 10.1 Å². The SMILES string of the molecule is CCN(CC)CCN(C(=O)c1ccccc1S(C)(=O)=O)c1nc2ccc([N+](=O)[O-])cc2s1.Cl. The van der Waals surface area contributed by atoms with Crippen molar-refractivity contribution in [2.75, 3.05) is 37.3 Å². The molecule has 0 saturated heterocycles. The second-order valence-electron chi connectivity index (χ2n) is 7.16. The number of sulfone groups is 1. The molecule has 0 fully saturated rings. The number of amides is 1. The molecule has 0 atom stereocenters. The van der Waals surface area contributed by atoms with E-state index in [0.29, 0.717) is 28.4 Å². The first-order valence-corrected chi connectivity index (χ1v) is 12.7. The smallest absolute Gasteiger partial charge is 0.270 e. The van der Waals surface area contributed by atoms with Crippen LogP contribution in [0.25, 0.3) is 10.2 Å². The lowest BCUT2D eigenvalue weighted by Gasteiger charge is -2.25. The summed E-state index contributed by atoms with van der Waals surface area (Å²) in [6, 6.07) is 10.4. The van der Waals surface area contributed by atoms with Crippen LogP contribution in [0.2, 0.25) is 0 Å². The van der Waals surface area contributed by atoms with Crippen molar-refractivity contribution in [2.45, 2.75) is 18.7 Å². The summed E-state index contributed by atoms with van der Waals surface area (Å²) in [5, 5.41) is 11.5. The Kier molecular flexibility index (Phi) is 8.89. The van der Waals surface area contributed by atoms with Crippen LogP contribution >= 0.6 is 23.7 Å². The number of hydrogen-bond acceptors (Lipinski definition) is 8. The van der Waals surface area contributed by atoms with Crippen molar-refractivity contribution in [2.24, 2.45) is 0 Å². The number of thiazole rings is 1. The largest absolute Gasteiger partial charge is 0.302 e. The maximum absolute atomic E-state index is 13.6. The van der Waals surface area contributed by atoms with Gasteiger partial charge in [-0.1, -0.05) is 37.3 Å². The Hall–Kier alpha value is -2.60. The van der Waals surface area contributed by atoms with Crippen LogP contribution in [0.1, 0.15) is 24.2 Å². The number of carbonyl (C=O) groups is 1. The van der Waals surface area contributed by atoms with Crippen LogP contribution in [0.4, 0.5) is 10.8 Å². The van der Waals surface area contributed by atoms with Gasteiger partial charge in [0.15, 0.2) is 15.0 Å². The van der Waals surface area contributed by atoms with Gasteiger partial charge < -0.3 is 4.90 Å². The molecule has 0 aliphatic rings. The lowest BCUT2D eigenvalue weighted by atomic mass is 10.2. The standard InChI is InChI=1S/C21H24N4O5S2.ClH/c1-4-23(5-2)12-13-24(20(26)16-8-6-7-9-19(16)32(3,29)30)21-22-17-11-10-15(25(27)28)14-18(17)31-21;/h6-11,14H,4-5,12-13H2,1-3H3;1H. The van der Waals surface area contributed by atoms with Crippen molar-refractivity contribution in [3.05, 3.63) is 58.1 Å². The van der Waals surface area contributed by atoms with Crippen LogP contribution in [0.5, 0.6) is 0 Å². The predicted molar refractivity (Wildman–Crippen MR) is 133 cm³/mol. The van der Waals surface area contributed by atoms with E-state index in [2.05, 4.69) is 9.88 Å². The van der Waals surface area contributed by atoms with Gasteiger partial charge in [0, 0.05) is 31.5 Å². The third kappa shape index (κ3) is 6.05. The van der Waals surface area contributed by atoms with Gasteiger partial charge in [0.1, 0.15) is 0 Å². The minimum absolute atomic E-state index is 0. The molecule has 1 amide bonds. The van der Waals surface area contributed by atoms with Gasteiger partial charge in [-0.2, -0.15) is 0 Å². The Morgan fingerprint density at radius 3 is 2.39 bits per heavy atom. The molecule has 0 radical (unpaired) electrons. The fourth-order valence-corrected chi connectivity index (χ4v) is 5.21. The van der Waals surface area contributed by atoms with Crippen molar-refractivity contribution in [1.29, 1.82) is 0 Å². The van der Waals surface area contributed by atoms with Gasteiger partial charge in [-0.05, 0) is 31.3 Å². The average Bonchev–Trinajstić information content (AvgIpc) is 3.18. The fourth-order valence-electron chi connectivity index (χ4n) is 3.31. The number of nitro benzene ring substituents is 1. The molecule has 0 bridgehead atoms. The number of hydrogen-bond donors (Lipinski definition) is 0. The molecule has 33 heavy (non-hydrogen) atoms. The van der Waals surface area contributed by atoms with Crippen molar-refractivity contribution in [3.63, 3.8) is 0 Å². The number of non-ortho nitro benzene ring substituents is 1. The summed E-state index contributed by atoms with van der Waals surface area (Å²) in [6.07, 6.45) is 1.07. The first kappa shape index (κ1) is 26.7. The third-order valence-corrected chi connectivity index (χ3v) is 7.29. The maximum Gasteiger partial charge on any atom is 0.270 e. The van der Waals surface area contributed by atoms with Gasteiger partial charge in [0.2, 0.25) is 0 Å². The summed E-state index contributed by atoms with van der Waals surface area (Å²) in [5.41, 5.74) is 0.545. The molecule has 9 nitrogen and oxygen atoms in total. The summed E-state index contributed by atoms with van der Waals surface area (Å²) >= 11 is 1.16. The topological polar surface area (TPSA) is 114 Å². The Labute approximate surface area is 202 Å². The summed E-state index contributed by atoms with van der Waals surface area (Å²) in [7, 11) is -3.62.